The second-order valence-electron chi connectivity index (χ2n) is 24.2. The van der Waals surface area contributed by atoms with Gasteiger partial charge in [-0.3, -0.25) is 73.8 Å². The molecule has 1 rings (SSSR count). The van der Waals surface area contributed by atoms with Gasteiger partial charge in [0.2, 0.25) is 70.9 Å². The molecule has 0 saturated heterocycles. The van der Waals surface area contributed by atoms with Crippen molar-refractivity contribution in [2.24, 2.45) is 45.9 Å². The number of aromatic hydroxyl groups is 1. The fraction of sp³-hybridized carbons (Fsp3) is 0.639. The molecule has 1 aromatic rings. The summed E-state index contributed by atoms with van der Waals surface area (Å²) < 4.78 is 0. The number of unbranched alkanes of at least 4 members (excludes halogenated alkanes) is 2. The van der Waals surface area contributed by atoms with Gasteiger partial charge in [-0.25, -0.2) is 4.79 Å². The largest absolute Gasteiger partial charge is 0.508 e. The lowest BCUT2D eigenvalue weighted by atomic mass is 10.0. The molecule has 0 heterocycles. The van der Waals surface area contributed by atoms with Crippen LogP contribution in [0.5, 0.6) is 5.75 Å². The number of carboxylic acids is 1. The van der Waals surface area contributed by atoms with Crippen LogP contribution in [0.1, 0.15) is 116 Å². The minimum Gasteiger partial charge on any atom is -0.508 e. The molecule has 0 aromatic heterocycles. The Hall–Kier alpha value is -9.56. The number of rotatable bonds is 53. The highest BCUT2D eigenvalue weighted by Crippen LogP contribution is 2.13. The maximum atomic E-state index is 14.4. The zero-order valence-corrected chi connectivity index (χ0v) is 60.2. The molecule has 0 unspecified atom stereocenters. The Kier molecular flexibility index (Phi) is 45.1. The SMILES string of the molecule is CCCC[C@H](NC(=O)[C@H](CCCNC(=N)N)NC(=O)[C@H](CCN)NC(=O)[C@H](CS)NC(=O)[C@H](CCCCN)NC(=O)[C@@H](CCN)NC(=O)[C@@H](NC(=O)[C@H](CCCNC(=N)N)NC(=O)[C@H](CCCNC(=N)N)NC(=O)[C@H](CC(N)=O)NC(=O)[C@H](CS)NC(=O)[C@@H](N)Cc1ccc(O)cc1)[C@@H](C)O)C(=O)O. The first-order valence-corrected chi connectivity index (χ1v) is 35.1. The van der Waals surface area contributed by atoms with Crippen LogP contribution in [0.3, 0.4) is 0 Å². The molecule has 0 radical (unpaired) electrons. The predicted molar refractivity (Wildman–Crippen MR) is 389 cm³/mol. The third kappa shape index (κ3) is 37.0. The first-order valence-electron chi connectivity index (χ1n) is 33.8. The number of benzene rings is 1. The zero-order chi connectivity index (χ0) is 78.6. The highest BCUT2D eigenvalue weighted by Gasteiger charge is 2.38. The van der Waals surface area contributed by atoms with Gasteiger partial charge in [0.05, 0.1) is 18.6 Å². The number of aliphatic hydroxyl groups excluding tert-OH is 1. The summed E-state index contributed by atoms with van der Waals surface area (Å²) in [5, 5.41) is 87.7. The molecule has 104 heavy (non-hydrogen) atoms. The van der Waals surface area contributed by atoms with Crippen molar-refractivity contribution < 1.29 is 77.6 Å². The fourth-order valence-electron chi connectivity index (χ4n) is 9.85. The molecule has 43 heteroatoms. The number of hydrogen-bond donors (Lipinski definition) is 30. The number of phenolic OH excluding ortho intramolecular Hbond substituents is 1. The number of primary amides is 1. The average Bonchev–Trinajstić information content (AvgIpc) is 0.861. The molecule has 41 nitrogen and oxygen atoms in total. The van der Waals surface area contributed by atoms with Gasteiger partial charge in [-0.15, -0.1) is 0 Å². The molecule has 13 atom stereocenters. The van der Waals surface area contributed by atoms with Crippen LogP contribution in [-0.4, -0.2) is 239 Å². The first kappa shape index (κ1) is 92.5. The summed E-state index contributed by atoms with van der Waals surface area (Å²) in [4.78, 5) is 178. The van der Waals surface area contributed by atoms with Gasteiger partial charge in [0.15, 0.2) is 17.9 Å². The van der Waals surface area contributed by atoms with Crippen LogP contribution in [-0.2, 0) is 68.7 Å². The van der Waals surface area contributed by atoms with Crippen LogP contribution in [0.2, 0.25) is 0 Å². The number of carbonyl (C=O) groups is 13. The highest BCUT2D eigenvalue weighted by molar-refractivity contribution is 7.80. The molecular weight excluding hydrogens is 1400 g/mol. The van der Waals surface area contributed by atoms with Crippen LogP contribution >= 0.6 is 25.3 Å². The molecular formula is C61H109N25O16S2. The minimum absolute atomic E-state index is 0.00842. The number of nitrogens with one attached hydrogen (secondary N) is 17. The lowest BCUT2D eigenvalue weighted by molar-refractivity contribution is -0.142. The lowest BCUT2D eigenvalue weighted by Crippen LogP contribution is -2.62. The predicted octanol–water partition coefficient (Wildman–Crippen LogP) is -9.40. The molecule has 1 aromatic carbocycles. The topological polar surface area (TPSA) is 731 Å². The van der Waals surface area contributed by atoms with E-state index in [0.29, 0.717) is 24.8 Å². The molecule has 586 valence electrons. The molecule has 0 aliphatic heterocycles. The van der Waals surface area contributed by atoms with Crippen molar-refractivity contribution in [3.8, 4) is 5.75 Å². The number of amides is 12. The normalized spacial score (nSPS) is 14.7. The standard InChI is InChI=1S/C61H109N25O16S2/c1-3-4-10-41(58(101)102)82-49(92)37(13-8-25-74-60(69)70)77-51(94)39(19-22-63)80-55(98)44(30-104)85-50(93)35(11-5-6-21-62)76-52(95)40(20-23-64)81-57(100)46(31(2)87)86-53(96)38(14-9-26-75-61(71)72)78-48(91)36(12-7-24-73-59(67)68)79-54(97)42(28-45(66)89)83-56(99)43(29-103)84-47(90)34(65)27-32-15-17-33(88)18-16-32/h15-18,31,34-44,46,87-88,103-104H,3-14,19-30,62-65H2,1-2H3,(H2,66,89)(H,76,95)(H,77,94)(H,78,91)(H,79,97)(H,80,98)(H,81,100)(H,82,92)(H,83,99)(H,84,90)(H,85,93)(H,86,96)(H,101,102)(H4,67,68,73)(H4,69,70,74)(H4,71,72,75)/t31-,34+,35+,36+,37+,38+,39+,40-,41+,42+,43+,44+,46+/m1/s1. The van der Waals surface area contributed by atoms with Crippen LogP contribution in [0.25, 0.3) is 0 Å². The van der Waals surface area contributed by atoms with Gasteiger partial charge in [-0.05, 0) is 128 Å². The average molecular weight is 1510 g/mol. The molecule has 0 fully saturated rings. The van der Waals surface area contributed by atoms with E-state index in [0.717, 1.165) is 6.92 Å². The van der Waals surface area contributed by atoms with E-state index in [9.17, 15) is 77.6 Å². The van der Waals surface area contributed by atoms with Crippen molar-refractivity contribution in [3.05, 3.63) is 29.8 Å². The fourth-order valence-corrected chi connectivity index (χ4v) is 10.4. The van der Waals surface area contributed by atoms with Gasteiger partial charge < -0.3 is 136 Å². The van der Waals surface area contributed by atoms with E-state index in [1.807, 2.05) is 6.92 Å². The molecule has 12 amide bonds. The number of thiol groups is 2. The summed E-state index contributed by atoms with van der Waals surface area (Å²) in [7, 11) is 0. The van der Waals surface area contributed by atoms with Crippen molar-refractivity contribution in [2.45, 2.75) is 195 Å². The van der Waals surface area contributed by atoms with Crippen molar-refractivity contribution in [3.63, 3.8) is 0 Å². The van der Waals surface area contributed by atoms with Gasteiger partial charge in [0.1, 0.15) is 72.2 Å². The Morgan fingerprint density at radius 1 is 0.423 bits per heavy atom. The van der Waals surface area contributed by atoms with Gasteiger partial charge >= 0.3 is 5.97 Å². The van der Waals surface area contributed by atoms with E-state index < -0.39 is 174 Å². The van der Waals surface area contributed by atoms with E-state index in [2.05, 4.69) is 99.7 Å². The Morgan fingerprint density at radius 3 is 1.09 bits per heavy atom. The molecule has 0 saturated carbocycles. The van der Waals surface area contributed by atoms with Gasteiger partial charge in [-0.2, -0.15) is 25.3 Å². The summed E-state index contributed by atoms with van der Waals surface area (Å²) in [6, 6.07) is -12.5. The number of phenols is 1. The number of carboxylic acid groups (broad SMARTS) is 1. The second-order valence-corrected chi connectivity index (χ2v) is 24.9. The number of carbonyl (C=O) groups excluding carboxylic acids is 12. The van der Waals surface area contributed by atoms with E-state index in [-0.39, 0.29) is 140 Å². The molecule has 0 spiro atoms. The van der Waals surface area contributed by atoms with Gasteiger partial charge in [0.25, 0.3) is 0 Å². The van der Waals surface area contributed by atoms with Crippen molar-refractivity contribution in [2.75, 3.05) is 50.8 Å². The number of guanidine groups is 3. The number of aliphatic carboxylic acids is 1. The maximum absolute atomic E-state index is 14.4. The smallest absolute Gasteiger partial charge is 0.326 e. The summed E-state index contributed by atoms with van der Waals surface area (Å²) in [6.45, 7) is 2.65. The summed E-state index contributed by atoms with van der Waals surface area (Å²) >= 11 is 8.42. The third-order valence-corrected chi connectivity index (χ3v) is 16.3. The Morgan fingerprint density at radius 2 is 0.740 bits per heavy atom. The Bertz CT molecular complexity index is 3020. The Balaban J connectivity index is 3.57. The third-order valence-electron chi connectivity index (χ3n) is 15.5. The van der Waals surface area contributed by atoms with E-state index in [4.69, 9.17) is 62.1 Å². The van der Waals surface area contributed by atoms with E-state index in [1.165, 1.54) is 24.3 Å². The van der Waals surface area contributed by atoms with Crippen molar-refractivity contribution >= 4 is 120 Å². The summed E-state index contributed by atoms with van der Waals surface area (Å²) in [5.74, 6) is -15.5. The van der Waals surface area contributed by atoms with Crippen molar-refractivity contribution in [1.82, 2.24) is 74.4 Å². The molecule has 0 aliphatic rings. The van der Waals surface area contributed by atoms with Gasteiger partial charge in [0, 0.05) is 31.1 Å². The zero-order valence-electron chi connectivity index (χ0n) is 58.4. The Labute approximate surface area is 613 Å². The molecule has 0 bridgehead atoms. The van der Waals surface area contributed by atoms with E-state index >= 15 is 0 Å². The molecule has 36 N–H and O–H groups in total. The van der Waals surface area contributed by atoms with Crippen LogP contribution in [0, 0.1) is 16.2 Å². The molecule has 0 aliphatic carbocycles. The van der Waals surface area contributed by atoms with E-state index in [1.54, 1.807) is 0 Å². The quantitative estimate of drug-likeness (QED) is 0.0125. The highest BCUT2D eigenvalue weighted by atomic mass is 32.1. The van der Waals surface area contributed by atoms with Gasteiger partial charge in [-0.1, -0.05) is 31.9 Å². The summed E-state index contributed by atoms with van der Waals surface area (Å²) in [5.41, 5.74) is 45.9. The van der Waals surface area contributed by atoms with Crippen molar-refractivity contribution in [1.29, 1.82) is 16.2 Å². The lowest BCUT2D eigenvalue weighted by Gasteiger charge is -2.29. The maximum Gasteiger partial charge on any atom is 0.326 e. The first-order chi connectivity index (χ1) is 49.2. The van der Waals surface area contributed by atoms with Crippen LogP contribution < -0.4 is 120 Å². The number of aliphatic hydroxyl groups is 1. The number of nitrogens with two attached hydrogens (primary N) is 8. The minimum atomic E-state index is -1.92. The number of hydrogen-bond acceptors (Lipinski definition) is 24. The summed E-state index contributed by atoms with van der Waals surface area (Å²) in [6.07, 6.45) is -2.00. The van der Waals surface area contributed by atoms with Crippen LogP contribution in [0.4, 0.5) is 0 Å². The second kappa shape index (κ2) is 50.7. The monoisotopic (exact) mass is 1510 g/mol. The van der Waals surface area contributed by atoms with Crippen LogP contribution in [0.15, 0.2) is 24.3 Å².